The molecule has 0 bridgehead atoms. The number of rotatable bonds is 3. The summed E-state index contributed by atoms with van der Waals surface area (Å²) in [6, 6.07) is 0. The van der Waals surface area contributed by atoms with Gasteiger partial charge in [0.1, 0.15) is 5.82 Å². The van der Waals surface area contributed by atoms with Crippen LogP contribution >= 0.6 is 0 Å². The summed E-state index contributed by atoms with van der Waals surface area (Å²) in [6.45, 7) is 8.21. The SMILES string of the molecule is CCc1nc(-c2c(C)nn(C)c2C)nc(NC)c1C. The number of hydrogen-bond acceptors (Lipinski definition) is 4. The van der Waals surface area contributed by atoms with Gasteiger partial charge in [0.2, 0.25) is 0 Å². The summed E-state index contributed by atoms with van der Waals surface area (Å²) in [5.74, 6) is 1.65. The number of nitrogens with one attached hydrogen (secondary N) is 1. The third-order valence-electron chi connectivity index (χ3n) is 3.55. The van der Waals surface area contributed by atoms with Crippen LogP contribution in [-0.2, 0) is 13.5 Å². The van der Waals surface area contributed by atoms with Crippen LogP contribution in [0.5, 0.6) is 0 Å². The highest BCUT2D eigenvalue weighted by Gasteiger charge is 2.17. The summed E-state index contributed by atoms with van der Waals surface area (Å²) in [6.07, 6.45) is 0.897. The quantitative estimate of drug-likeness (QED) is 0.919. The van der Waals surface area contributed by atoms with Crippen LogP contribution in [0.3, 0.4) is 0 Å². The highest BCUT2D eigenvalue weighted by Crippen LogP contribution is 2.26. The first kappa shape index (κ1) is 13.5. The van der Waals surface area contributed by atoms with E-state index in [-0.39, 0.29) is 0 Å². The van der Waals surface area contributed by atoms with Gasteiger partial charge in [-0.25, -0.2) is 9.97 Å². The van der Waals surface area contributed by atoms with Gasteiger partial charge >= 0.3 is 0 Å². The highest BCUT2D eigenvalue weighted by molar-refractivity contribution is 5.64. The van der Waals surface area contributed by atoms with Crippen LogP contribution < -0.4 is 5.32 Å². The first-order valence-corrected chi connectivity index (χ1v) is 6.55. The summed E-state index contributed by atoms with van der Waals surface area (Å²) < 4.78 is 1.87. The molecule has 0 unspecified atom stereocenters. The predicted octanol–water partition coefficient (Wildman–Crippen LogP) is 2.41. The molecule has 0 fully saturated rings. The molecule has 0 amide bonds. The van der Waals surface area contributed by atoms with E-state index in [0.29, 0.717) is 0 Å². The van der Waals surface area contributed by atoms with Crippen molar-refractivity contribution < 1.29 is 0 Å². The minimum Gasteiger partial charge on any atom is -0.373 e. The molecule has 0 aromatic carbocycles. The Kier molecular flexibility index (Phi) is 3.55. The molecule has 2 aromatic rings. The standard InChI is InChI=1S/C14H21N5/c1-7-11-8(2)13(15-5)17-14(16-11)12-9(3)18-19(6)10(12)4/h7H2,1-6H3,(H,15,16,17). The number of aromatic nitrogens is 4. The fourth-order valence-electron chi connectivity index (χ4n) is 2.36. The molecule has 2 rings (SSSR count). The van der Waals surface area contributed by atoms with Gasteiger partial charge in [0.15, 0.2) is 5.82 Å². The molecule has 0 saturated carbocycles. The van der Waals surface area contributed by atoms with Crippen molar-refractivity contribution in [2.45, 2.75) is 34.1 Å². The predicted molar refractivity (Wildman–Crippen MR) is 77.4 cm³/mol. The van der Waals surface area contributed by atoms with Crippen LogP contribution in [0.15, 0.2) is 0 Å². The van der Waals surface area contributed by atoms with E-state index in [9.17, 15) is 0 Å². The molecule has 102 valence electrons. The molecular weight excluding hydrogens is 238 g/mol. The average Bonchev–Trinajstić information content (AvgIpc) is 2.64. The van der Waals surface area contributed by atoms with E-state index >= 15 is 0 Å². The number of aryl methyl sites for hydroxylation is 3. The second kappa shape index (κ2) is 4.99. The van der Waals surface area contributed by atoms with Crippen LogP contribution in [-0.4, -0.2) is 26.8 Å². The van der Waals surface area contributed by atoms with Crippen LogP contribution in [0.4, 0.5) is 5.82 Å². The summed E-state index contributed by atoms with van der Waals surface area (Å²) in [5, 5.41) is 7.58. The molecule has 0 aliphatic heterocycles. The maximum Gasteiger partial charge on any atom is 0.165 e. The van der Waals surface area contributed by atoms with E-state index in [1.807, 2.05) is 32.6 Å². The zero-order chi connectivity index (χ0) is 14.2. The molecule has 5 heteroatoms. The number of anilines is 1. The van der Waals surface area contributed by atoms with Crippen molar-refractivity contribution in [1.29, 1.82) is 0 Å². The molecule has 0 aliphatic carbocycles. The lowest BCUT2D eigenvalue weighted by Crippen LogP contribution is -2.05. The Morgan fingerprint density at radius 2 is 1.84 bits per heavy atom. The van der Waals surface area contributed by atoms with Crippen LogP contribution in [0.1, 0.15) is 29.6 Å². The molecule has 19 heavy (non-hydrogen) atoms. The van der Waals surface area contributed by atoms with Gasteiger partial charge in [-0.1, -0.05) is 6.92 Å². The molecule has 2 aromatic heterocycles. The number of hydrogen-bond donors (Lipinski definition) is 1. The number of nitrogens with zero attached hydrogens (tertiary/aromatic N) is 4. The minimum absolute atomic E-state index is 0.759. The Balaban J connectivity index is 2.69. The second-order valence-corrected chi connectivity index (χ2v) is 4.74. The maximum atomic E-state index is 4.70. The van der Waals surface area contributed by atoms with E-state index in [0.717, 1.165) is 46.3 Å². The van der Waals surface area contributed by atoms with Crippen molar-refractivity contribution >= 4 is 5.82 Å². The van der Waals surface area contributed by atoms with E-state index in [1.54, 1.807) is 0 Å². The Morgan fingerprint density at radius 1 is 1.16 bits per heavy atom. The Morgan fingerprint density at radius 3 is 2.32 bits per heavy atom. The first-order chi connectivity index (χ1) is 8.99. The first-order valence-electron chi connectivity index (χ1n) is 6.55. The van der Waals surface area contributed by atoms with E-state index in [2.05, 4.69) is 29.2 Å². The molecule has 5 nitrogen and oxygen atoms in total. The summed E-state index contributed by atoms with van der Waals surface area (Å²) in [7, 11) is 3.83. The molecule has 0 radical (unpaired) electrons. The van der Waals surface area contributed by atoms with Gasteiger partial charge in [0.05, 0.1) is 11.3 Å². The van der Waals surface area contributed by atoms with E-state index < -0.39 is 0 Å². The maximum absolute atomic E-state index is 4.70. The summed E-state index contributed by atoms with van der Waals surface area (Å²) in [4.78, 5) is 9.33. The van der Waals surface area contributed by atoms with Crippen molar-refractivity contribution in [3.05, 3.63) is 22.6 Å². The Labute approximate surface area is 114 Å². The zero-order valence-corrected chi connectivity index (χ0v) is 12.5. The van der Waals surface area contributed by atoms with Gasteiger partial charge in [0, 0.05) is 31.0 Å². The largest absolute Gasteiger partial charge is 0.373 e. The smallest absolute Gasteiger partial charge is 0.165 e. The normalized spacial score (nSPS) is 10.8. The van der Waals surface area contributed by atoms with Gasteiger partial charge in [0.25, 0.3) is 0 Å². The van der Waals surface area contributed by atoms with E-state index in [4.69, 9.17) is 4.98 Å². The van der Waals surface area contributed by atoms with Crippen molar-refractivity contribution in [1.82, 2.24) is 19.7 Å². The van der Waals surface area contributed by atoms with Gasteiger partial charge in [-0.05, 0) is 27.2 Å². The van der Waals surface area contributed by atoms with Crippen LogP contribution in [0, 0.1) is 20.8 Å². The lowest BCUT2D eigenvalue weighted by atomic mass is 10.1. The second-order valence-electron chi connectivity index (χ2n) is 4.74. The third kappa shape index (κ3) is 2.20. The molecule has 1 N–H and O–H groups in total. The monoisotopic (exact) mass is 259 g/mol. The third-order valence-corrected chi connectivity index (χ3v) is 3.55. The molecular formula is C14H21N5. The van der Waals surface area contributed by atoms with Gasteiger partial charge < -0.3 is 5.32 Å². The zero-order valence-electron chi connectivity index (χ0n) is 12.5. The summed E-state index contributed by atoms with van der Waals surface area (Å²) in [5.41, 5.74) is 5.29. The van der Waals surface area contributed by atoms with Gasteiger partial charge in [-0.2, -0.15) is 5.10 Å². The van der Waals surface area contributed by atoms with Crippen molar-refractivity contribution in [3.8, 4) is 11.4 Å². The highest BCUT2D eigenvalue weighted by atomic mass is 15.3. The molecule has 0 spiro atoms. The van der Waals surface area contributed by atoms with Crippen LogP contribution in [0.25, 0.3) is 11.4 Å². The Hall–Kier alpha value is -1.91. The fourth-order valence-corrected chi connectivity index (χ4v) is 2.36. The fraction of sp³-hybridized carbons (Fsp3) is 0.500. The lowest BCUT2D eigenvalue weighted by molar-refractivity contribution is 0.731. The molecule has 0 atom stereocenters. The van der Waals surface area contributed by atoms with E-state index in [1.165, 1.54) is 0 Å². The van der Waals surface area contributed by atoms with Crippen molar-refractivity contribution in [3.63, 3.8) is 0 Å². The van der Waals surface area contributed by atoms with Gasteiger partial charge in [-0.3, -0.25) is 4.68 Å². The summed E-state index contributed by atoms with van der Waals surface area (Å²) >= 11 is 0. The van der Waals surface area contributed by atoms with Gasteiger partial charge in [-0.15, -0.1) is 0 Å². The Bertz CT molecular complexity index is 588. The van der Waals surface area contributed by atoms with Crippen molar-refractivity contribution in [2.24, 2.45) is 7.05 Å². The molecule has 2 heterocycles. The molecule has 0 aliphatic rings. The lowest BCUT2D eigenvalue weighted by Gasteiger charge is -2.11. The van der Waals surface area contributed by atoms with Crippen molar-refractivity contribution in [2.75, 3.05) is 12.4 Å². The molecule has 0 saturated heterocycles. The van der Waals surface area contributed by atoms with Crippen LogP contribution in [0.2, 0.25) is 0 Å². The topological polar surface area (TPSA) is 55.6 Å². The minimum atomic E-state index is 0.759. The average molecular weight is 259 g/mol.